The lowest BCUT2D eigenvalue weighted by Gasteiger charge is -2.24. The topological polar surface area (TPSA) is 54.5 Å². The van der Waals surface area contributed by atoms with Gasteiger partial charge in [-0.2, -0.15) is 0 Å². The standard InChI is InChI=1S/C17H20FNO3/c1-10(2)8-14-16(21)15(11(3)20)17(22)19(14)9-12-4-6-13(18)7-5-12/h4-7,10,14-15H,8-9H2,1-3H3/t14-,15?/m1/s1. The number of amides is 1. The highest BCUT2D eigenvalue weighted by molar-refractivity contribution is 6.23. The number of ketones is 2. The summed E-state index contributed by atoms with van der Waals surface area (Å²) in [7, 11) is 0. The summed E-state index contributed by atoms with van der Waals surface area (Å²) in [5.74, 6) is -2.47. The van der Waals surface area contributed by atoms with E-state index in [4.69, 9.17) is 0 Å². The second-order valence-corrected chi connectivity index (χ2v) is 6.18. The van der Waals surface area contributed by atoms with Crippen molar-refractivity contribution in [2.24, 2.45) is 11.8 Å². The average molecular weight is 305 g/mol. The Balaban J connectivity index is 2.28. The molecule has 22 heavy (non-hydrogen) atoms. The number of likely N-dealkylation sites (tertiary alicyclic amines) is 1. The number of carbonyl (C=O) groups is 3. The fraction of sp³-hybridized carbons (Fsp3) is 0.471. The summed E-state index contributed by atoms with van der Waals surface area (Å²) in [5, 5.41) is 0. The third kappa shape index (κ3) is 3.24. The Hall–Kier alpha value is -2.04. The van der Waals surface area contributed by atoms with Crippen LogP contribution in [0.25, 0.3) is 0 Å². The molecule has 0 aromatic heterocycles. The number of hydrogen-bond acceptors (Lipinski definition) is 3. The summed E-state index contributed by atoms with van der Waals surface area (Å²) in [6, 6.07) is 5.22. The van der Waals surface area contributed by atoms with Gasteiger partial charge in [-0.25, -0.2) is 4.39 Å². The van der Waals surface area contributed by atoms with Gasteiger partial charge in [-0.05, 0) is 37.0 Å². The van der Waals surface area contributed by atoms with E-state index in [1.54, 1.807) is 12.1 Å². The van der Waals surface area contributed by atoms with Crippen molar-refractivity contribution in [2.75, 3.05) is 0 Å². The van der Waals surface area contributed by atoms with Crippen molar-refractivity contribution in [2.45, 2.75) is 39.8 Å². The maximum atomic E-state index is 13.0. The number of carbonyl (C=O) groups excluding carboxylic acids is 3. The van der Waals surface area contributed by atoms with Crippen molar-refractivity contribution in [3.63, 3.8) is 0 Å². The summed E-state index contributed by atoms with van der Waals surface area (Å²) >= 11 is 0. The summed E-state index contributed by atoms with van der Waals surface area (Å²) in [6.45, 7) is 5.42. The number of nitrogens with zero attached hydrogens (tertiary/aromatic N) is 1. The molecule has 2 rings (SSSR count). The molecule has 1 saturated heterocycles. The van der Waals surface area contributed by atoms with Crippen LogP contribution in [0.1, 0.15) is 32.8 Å². The van der Waals surface area contributed by atoms with E-state index < -0.39 is 23.7 Å². The van der Waals surface area contributed by atoms with E-state index in [1.807, 2.05) is 13.8 Å². The van der Waals surface area contributed by atoms with Gasteiger partial charge in [0, 0.05) is 6.54 Å². The molecule has 1 fully saturated rings. The molecule has 0 N–H and O–H groups in total. The van der Waals surface area contributed by atoms with Crippen molar-refractivity contribution in [3.05, 3.63) is 35.6 Å². The van der Waals surface area contributed by atoms with Crippen LogP contribution in [0.2, 0.25) is 0 Å². The fourth-order valence-corrected chi connectivity index (χ4v) is 2.83. The predicted octanol–water partition coefficient (Wildman–Crippen LogP) is 2.36. The van der Waals surface area contributed by atoms with Gasteiger partial charge < -0.3 is 4.90 Å². The second kappa shape index (κ2) is 6.38. The maximum Gasteiger partial charge on any atom is 0.241 e. The van der Waals surface area contributed by atoms with Crippen LogP contribution in [-0.2, 0) is 20.9 Å². The molecule has 1 aromatic carbocycles. The third-order valence-corrected chi connectivity index (χ3v) is 3.89. The molecular weight excluding hydrogens is 285 g/mol. The zero-order valence-electron chi connectivity index (χ0n) is 13.0. The Morgan fingerprint density at radius 2 is 1.82 bits per heavy atom. The highest BCUT2D eigenvalue weighted by atomic mass is 19.1. The number of hydrogen-bond donors (Lipinski definition) is 0. The van der Waals surface area contributed by atoms with Crippen molar-refractivity contribution in [1.82, 2.24) is 4.90 Å². The van der Waals surface area contributed by atoms with Crippen molar-refractivity contribution >= 4 is 17.5 Å². The van der Waals surface area contributed by atoms with Gasteiger partial charge in [0.2, 0.25) is 5.91 Å². The quantitative estimate of drug-likeness (QED) is 0.785. The van der Waals surface area contributed by atoms with Crippen LogP contribution in [0.4, 0.5) is 4.39 Å². The van der Waals surface area contributed by atoms with Gasteiger partial charge in [-0.1, -0.05) is 26.0 Å². The average Bonchev–Trinajstić information content (AvgIpc) is 2.65. The highest BCUT2D eigenvalue weighted by Crippen LogP contribution is 2.28. The van der Waals surface area contributed by atoms with Crippen LogP contribution < -0.4 is 0 Å². The maximum absolute atomic E-state index is 13.0. The third-order valence-electron chi connectivity index (χ3n) is 3.89. The molecule has 0 aliphatic carbocycles. The lowest BCUT2D eigenvalue weighted by molar-refractivity contribution is -0.138. The van der Waals surface area contributed by atoms with Crippen LogP contribution in [-0.4, -0.2) is 28.4 Å². The number of rotatable bonds is 5. The minimum absolute atomic E-state index is 0.214. The minimum atomic E-state index is -1.18. The first-order valence-electron chi connectivity index (χ1n) is 7.40. The summed E-state index contributed by atoms with van der Waals surface area (Å²) in [6.07, 6.45) is 0.523. The van der Waals surface area contributed by atoms with Gasteiger partial charge in [0.15, 0.2) is 11.7 Å². The number of Topliss-reactive ketones (excluding diaryl/α,β-unsaturated/α-hetero) is 2. The second-order valence-electron chi connectivity index (χ2n) is 6.18. The normalized spacial score (nSPS) is 21.8. The van der Waals surface area contributed by atoms with Gasteiger partial charge in [-0.3, -0.25) is 14.4 Å². The fourth-order valence-electron chi connectivity index (χ4n) is 2.83. The summed E-state index contributed by atoms with van der Waals surface area (Å²) in [5.41, 5.74) is 0.737. The predicted molar refractivity (Wildman–Crippen MR) is 79.4 cm³/mol. The minimum Gasteiger partial charge on any atom is -0.327 e. The van der Waals surface area contributed by atoms with Crippen molar-refractivity contribution < 1.29 is 18.8 Å². The van der Waals surface area contributed by atoms with E-state index in [-0.39, 0.29) is 24.1 Å². The molecule has 0 bridgehead atoms. The molecule has 0 radical (unpaired) electrons. The Morgan fingerprint density at radius 3 is 2.32 bits per heavy atom. The van der Waals surface area contributed by atoms with Crippen LogP contribution in [0.3, 0.4) is 0 Å². The van der Waals surface area contributed by atoms with Crippen LogP contribution in [0.15, 0.2) is 24.3 Å². The van der Waals surface area contributed by atoms with Crippen LogP contribution in [0.5, 0.6) is 0 Å². The SMILES string of the molecule is CC(=O)C1C(=O)[C@@H](CC(C)C)N(Cc2ccc(F)cc2)C1=O. The first kappa shape index (κ1) is 16.3. The van der Waals surface area contributed by atoms with Gasteiger partial charge >= 0.3 is 0 Å². The van der Waals surface area contributed by atoms with Gasteiger partial charge in [0.1, 0.15) is 11.6 Å². The van der Waals surface area contributed by atoms with E-state index in [0.717, 1.165) is 5.56 Å². The Kier molecular flexibility index (Phi) is 4.74. The molecular formula is C17H20FNO3. The lowest BCUT2D eigenvalue weighted by atomic mass is 9.94. The van der Waals surface area contributed by atoms with E-state index in [0.29, 0.717) is 6.42 Å². The Labute approximate surface area is 129 Å². The molecule has 0 saturated carbocycles. The molecule has 1 aliphatic heterocycles. The summed E-state index contributed by atoms with van der Waals surface area (Å²) in [4.78, 5) is 37.9. The molecule has 1 aromatic rings. The van der Waals surface area contributed by atoms with Gasteiger partial charge in [-0.15, -0.1) is 0 Å². The highest BCUT2D eigenvalue weighted by Gasteiger charge is 2.49. The Bertz CT molecular complexity index is 594. The monoisotopic (exact) mass is 305 g/mol. The largest absolute Gasteiger partial charge is 0.327 e. The van der Waals surface area contributed by atoms with E-state index >= 15 is 0 Å². The number of halogens is 1. The molecule has 1 amide bonds. The molecule has 118 valence electrons. The molecule has 1 heterocycles. The molecule has 2 atom stereocenters. The van der Waals surface area contributed by atoms with Gasteiger partial charge in [0.05, 0.1) is 6.04 Å². The Morgan fingerprint density at radius 1 is 1.23 bits per heavy atom. The molecule has 5 heteroatoms. The smallest absolute Gasteiger partial charge is 0.241 e. The molecule has 1 aliphatic rings. The molecule has 1 unspecified atom stereocenters. The first-order chi connectivity index (χ1) is 10.3. The van der Waals surface area contributed by atoms with Crippen molar-refractivity contribution in [3.8, 4) is 0 Å². The van der Waals surface area contributed by atoms with E-state index in [9.17, 15) is 18.8 Å². The van der Waals surface area contributed by atoms with Crippen molar-refractivity contribution in [1.29, 1.82) is 0 Å². The summed E-state index contributed by atoms with van der Waals surface area (Å²) < 4.78 is 13.0. The molecule has 0 spiro atoms. The molecule has 4 nitrogen and oxygen atoms in total. The van der Waals surface area contributed by atoms with Crippen LogP contribution >= 0.6 is 0 Å². The van der Waals surface area contributed by atoms with E-state index in [1.165, 1.54) is 24.0 Å². The lowest BCUT2D eigenvalue weighted by Crippen LogP contribution is -2.36. The van der Waals surface area contributed by atoms with Gasteiger partial charge in [0.25, 0.3) is 0 Å². The van der Waals surface area contributed by atoms with E-state index in [2.05, 4.69) is 0 Å². The number of benzene rings is 1. The first-order valence-corrected chi connectivity index (χ1v) is 7.40. The zero-order chi connectivity index (χ0) is 16.4. The van der Waals surface area contributed by atoms with Crippen LogP contribution in [0, 0.1) is 17.7 Å². The zero-order valence-corrected chi connectivity index (χ0v) is 13.0.